The van der Waals surface area contributed by atoms with E-state index in [1.165, 1.54) is 30.0 Å². The van der Waals surface area contributed by atoms with Gasteiger partial charge in [0.25, 0.3) is 17.7 Å². The van der Waals surface area contributed by atoms with Gasteiger partial charge < -0.3 is 20.6 Å². The molecule has 0 bridgehead atoms. The Kier molecular flexibility index (Phi) is 8.78. The highest BCUT2D eigenvalue weighted by molar-refractivity contribution is 8.01. The molecular formula is C29H25N3O10S2. The highest BCUT2D eigenvalue weighted by atomic mass is 32.2. The van der Waals surface area contributed by atoms with Crippen LogP contribution in [-0.2, 0) is 19.2 Å². The number of hydrogen-bond acceptors (Lipinski definition) is 9. The molecule has 4 amide bonds. The lowest BCUT2D eigenvalue weighted by atomic mass is 10.0. The molecule has 1 fully saturated rings. The lowest BCUT2D eigenvalue weighted by Gasteiger charge is -2.49. The zero-order chi connectivity index (χ0) is 31.7. The van der Waals surface area contributed by atoms with Crippen LogP contribution in [0.15, 0.2) is 64.7 Å². The van der Waals surface area contributed by atoms with Crippen molar-refractivity contribution in [3.05, 3.63) is 76.5 Å². The molecule has 1 saturated heterocycles. The zero-order valence-electron chi connectivity index (χ0n) is 22.8. The third kappa shape index (κ3) is 5.67. The summed E-state index contributed by atoms with van der Waals surface area (Å²) in [5.41, 5.74) is 0.546. The van der Waals surface area contributed by atoms with Crippen LogP contribution >= 0.6 is 23.5 Å². The van der Waals surface area contributed by atoms with Gasteiger partial charge >= 0.3 is 17.9 Å². The molecule has 3 atom stereocenters. The maximum atomic E-state index is 13.0. The number of carboxylic acid groups (broad SMARTS) is 3. The summed E-state index contributed by atoms with van der Waals surface area (Å²) in [5, 5.41) is 31.0. The Labute approximate surface area is 258 Å². The number of benzene rings is 2. The Bertz CT molecular complexity index is 1610. The van der Waals surface area contributed by atoms with Crippen LogP contribution in [0.2, 0.25) is 0 Å². The van der Waals surface area contributed by atoms with Gasteiger partial charge in [0, 0.05) is 22.8 Å². The standard InChI is InChI=1S/C29H25N3O10S2/c33-20(11-5-9-18(28(39)40)31-23(34)15-6-1-2-7-16(15)24(31)35)30-21-25(36)32-22(29(41)42)14(13-44-26(21)32)12-43-19-10-4-3-8-17(19)27(37)38/h1-4,6-8,10,18,21,26H,5,9,11-13H2,(H,30,33)(H,37,38)(H,39,40)(H,41,42)/t18-,21-,26-/m1/s1. The molecule has 0 unspecified atom stereocenters. The third-order valence-corrected chi connectivity index (χ3v) is 9.89. The molecule has 3 aliphatic rings. The third-order valence-electron chi connectivity index (χ3n) is 7.39. The van der Waals surface area contributed by atoms with E-state index < -0.39 is 59.0 Å². The molecule has 44 heavy (non-hydrogen) atoms. The van der Waals surface area contributed by atoms with Crippen molar-refractivity contribution in [2.45, 2.75) is 41.6 Å². The fraction of sp³-hybridized carbons (Fsp3) is 0.276. The number of rotatable bonds is 12. The Hall–Kier alpha value is -4.63. The van der Waals surface area contributed by atoms with Crippen molar-refractivity contribution < 1.29 is 48.9 Å². The van der Waals surface area contributed by atoms with Gasteiger partial charge in [-0.15, -0.1) is 23.5 Å². The van der Waals surface area contributed by atoms with Gasteiger partial charge in [-0.1, -0.05) is 24.3 Å². The van der Waals surface area contributed by atoms with E-state index >= 15 is 0 Å². The molecule has 228 valence electrons. The van der Waals surface area contributed by atoms with E-state index in [0.717, 1.165) is 16.7 Å². The zero-order valence-corrected chi connectivity index (χ0v) is 24.4. The normalized spacial score (nSPS) is 19.7. The number of carboxylic acids is 3. The van der Waals surface area contributed by atoms with Crippen LogP contribution in [-0.4, -0.2) is 95.6 Å². The van der Waals surface area contributed by atoms with Crippen molar-refractivity contribution >= 4 is 65.1 Å². The largest absolute Gasteiger partial charge is 0.480 e. The van der Waals surface area contributed by atoms with Crippen molar-refractivity contribution in [1.29, 1.82) is 0 Å². The predicted molar refractivity (Wildman–Crippen MR) is 156 cm³/mol. The minimum atomic E-state index is -1.48. The van der Waals surface area contributed by atoms with Crippen molar-refractivity contribution in [1.82, 2.24) is 15.1 Å². The van der Waals surface area contributed by atoms with E-state index in [0.29, 0.717) is 15.4 Å². The van der Waals surface area contributed by atoms with Crippen molar-refractivity contribution in [3.8, 4) is 0 Å². The monoisotopic (exact) mass is 639 g/mol. The van der Waals surface area contributed by atoms with E-state index in [9.17, 15) is 48.9 Å². The van der Waals surface area contributed by atoms with Gasteiger partial charge in [-0.25, -0.2) is 14.4 Å². The Morgan fingerprint density at radius 3 is 2.18 bits per heavy atom. The van der Waals surface area contributed by atoms with Gasteiger partial charge in [-0.3, -0.25) is 29.0 Å². The molecule has 5 rings (SSSR count). The SMILES string of the molecule is O=C(CCC[C@H](C(=O)O)N1C(=O)c2ccccc2C1=O)N[C@@H]1C(=O)N2C(C(=O)O)=C(CSc3ccccc3C(=O)O)CS[C@H]12. The fourth-order valence-corrected chi connectivity index (χ4v) is 7.81. The summed E-state index contributed by atoms with van der Waals surface area (Å²) >= 11 is 2.42. The van der Waals surface area contributed by atoms with E-state index in [1.54, 1.807) is 30.3 Å². The second kappa shape index (κ2) is 12.5. The van der Waals surface area contributed by atoms with Gasteiger partial charge in [-0.2, -0.15) is 0 Å². The lowest BCUT2D eigenvalue weighted by Crippen LogP contribution is -2.70. The number of aliphatic carboxylic acids is 2. The summed E-state index contributed by atoms with van der Waals surface area (Å²) in [5.74, 6) is -6.06. The van der Waals surface area contributed by atoms with Gasteiger partial charge in [0.15, 0.2) is 0 Å². The van der Waals surface area contributed by atoms with Crippen LogP contribution in [0.5, 0.6) is 0 Å². The summed E-state index contributed by atoms with van der Waals surface area (Å²) < 4.78 is 0. The van der Waals surface area contributed by atoms with Crippen molar-refractivity contribution in [3.63, 3.8) is 0 Å². The minimum Gasteiger partial charge on any atom is -0.480 e. The molecule has 0 saturated carbocycles. The second-order valence-corrected chi connectivity index (χ2v) is 12.2. The number of carbonyl (C=O) groups excluding carboxylic acids is 4. The quantitative estimate of drug-likeness (QED) is 0.150. The number of β-lactam (4-membered cyclic amide) rings is 1. The van der Waals surface area contributed by atoms with Crippen LogP contribution in [0.4, 0.5) is 0 Å². The molecule has 0 spiro atoms. The number of nitrogens with one attached hydrogen (secondary N) is 1. The topological polar surface area (TPSA) is 199 Å². The molecule has 2 aromatic carbocycles. The van der Waals surface area contributed by atoms with Gasteiger partial charge in [0.2, 0.25) is 5.91 Å². The molecule has 3 aliphatic heterocycles. The number of carbonyl (C=O) groups is 7. The lowest BCUT2D eigenvalue weighted by molar-refractivity contribution is -0.150. The first-order valence-electron chi connectivity index (χ1n) is 13.4. The van der Waals surface area contributed by atoms with E-state index in [4.69, 9.17) is 0 Å². The molecular weight excluding hydrogens is 614 g/mol. The number of thioether (sulfide) groups is 2. The Balaban J connectivity index is 1.18. The summed E-state index contributed by atoms with van der Waals surface area (Å²) in [4.78, 5) is 89.0. The van der Waals surface area contributed by atoms with Crippen LogP contribution in [0, 0.1) is 0 Å². The minimum absolute atomic E-state index is 0.00188. The highest BCUT2D eigenvalue weighted by Crippen LogP contribution is 2.42. The van der Waals surface area contributed by atoms with Crippen molar-refractivity contribution in [2.75, 3.05) is 11.5 Å². The number of amides is 4. The Morgan fingerprint density at radius 1 is 0.932 bits per heavy atom. The number of aromatic carboxylic acids is 1. The average molecular weight is 640 g/mol. The number of hydrogen-bond donors (Lipinski definition) is 4. The number of nitrogens with zero attached hydrogens (tertiary/aromatic N) is 2. The van der Waals surface area contributed by atoms with Crippen LogP contribution in [0.25, 0.3) is 0 Å². The molecule has 13 nitrogen and oxygen atoms in total. The van der Waals surface area contributed by atoms with Gasteiger partial charge in [-0.05, 0) is 42.7 Å². The summed E-state index contributed by atoms with van der Waals surface area (Å²) in [6.07, 6.45) is -0.381. The molecule has 3 heterocycles. The fourth-order valence-electron chi connectivity index (χ4n) is 5.28. The van der Waals surface area contributed by atoms with Crippen LogP contribution in [0.3, 0.4) is 0 Å². The molecule has 15 heteroatoms. The number of fused-ring (bicyclic) bond motifs is 2. The van der Waals surface area contributed by atoms with E-state index in [-0.39, 0.29) is 53.2 Å². The molecule has 2 aromatic rings. The molecule has 0 aromatic heterocycles. The second-order valence-electron chi connectivity index (χ2n) is 10.1. The van der Waals surface area contributed by atoms with Gasteiger partial charge in [0.05, 0.1) is 16.7 Å². The average Bonchev–Trinajstić information content (AvgIpc) is 3.25. The maximum Gasteiger partial charge on any atom is 0.352 e. The molecule has 0 radical (unpaired) electrons. The van der Waals surface area contributed by atoms with Crippen LogP contribution < -0.4 is 5.32 Å². The highest BCUT2D eigenvalue weighted by Gasteiger charge is 2.54. The predicted octanol–water partition coefficient (Wildman–Crippen LogP) is 2.14. The first-order chi connectivity index (χ1) is 21.0. The number of imide groups is 1. The first kappa shape index (κ1) is 30.8. The van der Waals surface area contributed by atoms with Crippen molar-refractivity contribution in [2.24, 2.45) is 0 Å². The first-order valence-corrected chi connectivity index (χ1v) is 15.4. The smallest absolute Gasteiger partial charge is 0.352 e. The molecule has 0 aliphatic carbocycles. The summed E-state index contributed by atoms with van der Waals surface area (Å²) in [6.45, 7) is 0. The summed E-state index contributed by atoms with van der Waals surface area (Å²) in [7, 11) is 0. The Morgan fingerprint density at radius 2 is 1.57 bits per heavy atom. The maximum absolute atomic E-state index is 13.0. The van der Waals surface area contributed by atoms with Gasteiger partial charge in [0.1, 0.15) is 23.2 Å². The van der Waals surface area contributed by atoms with Crippen LogP contribution in [0.1, 0.15) is 50.3 Å². The molecule has 4 N–H and O–H groups in total. The van der Waals surface area contributed by atoms with E-state index in [2.05, 4.69) is 5.32 Å². The summed E-state index contributed by atoms with van der Waals surface area (Å²) in [6, 6.07) is 9.87. The van der Waals surface area contributed by atoms with E-state index in [1.807, 2.05) is 0 Å².